The maximum absolute atomic E-state index is 13.0. The van der Waals surface area contributed by atoms with Crippen LogP contribution in [-0.4, -0.2) is 26.0 Å². The van der Waals surface area contributed by atoms with Crippen molar-refractivity contribution in [2.24, 2.45) is 0 Å². The van der Waals surface area contributed by atoms with E-state index < -0.39 is 27.7 Å². The molecule has 0 amide bonds. The fourth-order valence-electron chi connectivity index (χ4n) is 2.54. The highest BCUT2D eigenvalue weighted by Gasteiger charge is 2.39. The lowest BCUT2D eigenvalue weighted by atomic mass is 10.0. The Morgan fingerprint density at radius 2 is 1.77 bits per heavy atom. The van der Waals surface area contributed by atoms with Crippen LogP contribution in [0.5, 0.6) is 0 Å². The van der Waals surface area contributed by atoms with Crippen molar-refractivity contribution in [3.05, 3.63) is 59.9 Å². The zero-order valence-electron chi connectivity index (χ0n) is 11.3. The van der Waals surface area contributed by atoms with Crippen molar-refractivity contribution in [2.45, 2.75) is 10.8 Å². The molecule has 22 heavy (non-hydrogen) atoms. The van der Waals surface area contributed by atoms with Gasteiger partial charge in [0.15, 0.2) is 0 Å². The Kier molecular flexibility index (Phi) is 3.37. The number of nitrogens with zero attached hydrogens (tertiary/aromatic N) is 1. The molecule has 0 spiro atoms. The molecule has 0 saturated heterocycles. The number of para-hydroxylation sites is 1. The number of hydrogen-bond donors (Lipinski definition) is 1. The first-order valence-corrected chi connectivity index (χ1v) is 7.95. The minimum absolute atomic E-state index is 0.0743. The molecule has 1 unspecified atom stereocenters. The van der Waals surface area contributed by atoms with Crippen molar-refractivity contribution in [2.75, 3.05) is 10.8 Å². The van der Waals surface area contributed by atoms with E-state index in [1.54, 1.807) is 24.3 Å². The van der Waals surface area contributed by atoms with E-state index in [-0.39, 0.29) is 11.4 Å². The number of anilines is 1. The molecule has 0 bridgehead atoms. The monoisotopic (exact) mass is 321 g/mol. The third-order valence-electron chi connectivity index (χ3n) is 3.63. The van der Waals surface area contributed by atoms with E-state index in [1.807, 2.05) is 0 Å². The highest BCUT2D eigenvalue weighted by atomic mass is 32.2. The Labute approximate surface area is 126 Å². The molecule has 0 fully saturated rings. The van der Waals surface area contributed by atoms with Crippen LogP contribution in [0.2, 0.25) is 0 Å². The number of carboxylic acids is 1. The van der Waals surface area contributed by atoms with Gasteiger partial charge in [0.2, 0.25) is 0 Å². The second-order valence-corrected chi connectivity index (χ2v) is 6.80. The molecule has 2 aromatic carbocycles. The quantitative estimate of drug-likeness (QED) is 0.940. The smallest absolute Gasteiger partial charge is 0.312 e. The number of carboxylic acid groups (broad SMARTS) is 1. The van der Waals surface area contributed by atoms with Crippen LogP contribution in [0.1, 0.15) is 11.5 Å². The van der Waals surface area contributed by atoms with E-state index in [0.29, 0.717) is 11.3 Å². The molecular formula is C15H12FNO4S. The van der Waals surface area contributed by atoms with Gasteiger partial charge in [-0.05, 0) is 35.9 Å². The summed E-state index contributed by atoms with van der Waals surface area (Å²) in [6.07, 6.45) is 0. The number of fused-ring (bicyclic) bond motifs is 1. The number of rotatable bonds is 3. The van der Waals surface area contributed by atoms with Crippen LogP contribution in [0.15, 0.2) is 53.4 Å². The highest BCUT2D eigenvalue weighted by Crippen LogP contribution is 2.39. The molecule has 0 radical (unpaired) electrons. The van der Waals surface area contributed by atoms with Gasteiger partial charge in [0.1, 0.15) is 11.7 Å². The van der Waals surface area contributed by atoms with Crippen molar-refractivity contribution >= 4 is 21.7 Å². The maximum Gasteiger partial charge on any atom is 0.312 e. The van der Waals surface area contributed by atoms with E-state index in [1.165, 1.54) is 12.1 Å². The van der Waals surface area contributed by atoms with Crippen LogP contribution in [0.25, 0.3) is 0 Å². The lowest BCUT2D eigenvalue weighted by molar-refractivity contribution is -0.138. The Bertz CT molecular complexity index is 833. The summed E-state index contributed by atoms with van der Waals surface area (Å²) in [7, 11) is -3.93. The van der Waals surface area contributed by atoms with Crippen molar-refractivity contribution in [1.82, 2.24) is 0 Å². The van der Waals surface area contributed by atoms with Gasteiger partial charge in [-0.25, -0.2) is 12.8 Å². The van der Waals surface area contributed by atoms with Crippen LogP contribution in [0.4, 0.5) is 10.1 Å². The number of carbonyl (C=O) groups is 1. The zero-order chi connectivity index (χ0) is 15.9. The van der Waals surface area contributed by atoms with Crippen molar-refractivity contribution in [1.29, 1.82) is 0 Å². The van der Waals surface area contributed by atoms with Crippen molar-refractivity contribution in [3.8, 4) is 0 Å². The first-order chi connectivity index (χ1) is 10.4. The van der Waals surface area contributed by atoms with Crippen LogP contribution in [0.3, 0.4) is 0 Å². The molecule has 0 aromatic heterocycles. The predicted octanol–water partition coefficient (Wildman–Crippen LogP) is 2.20. The van der Waals surface area contributed by atoms with E-state index in [9.17, 15) is 22.7 Å². The molecule has 114 valence electrons. The molecule has 0 saturated carbocycles. The van der Waals surface area contributed by atoms with Gasteiger partial charge < -0.3 is 5.11 Å². The second kappa shape index (κ2) is 5.10. The van der Waals surface area contributed by atoms with Gasteiger partial charge in [-0.3, -0.25) is 9.10 Å². The standard InChI is InChI=1S/C15H12FNO4S/c16-10-5-7-11(8-6-10)22(20,21)17-9-13(15(18)19)12-3-1-2-4-14(12)17/h1-8,13H,9H2,(H,18,19). The van der Waals surface area contributed by atoms with Gasteiger partial charge in [-0.15, -0.1) is 0 Å². The first-order valence-electron chi connectivity index (χ1n) is 6.51. The summed E-state index contributed by atoms with van der Waals surface area (Å²) in [6, 6.07) is 10.9. The first kappa shape index (κ1) is 14.5. The Morgan fingerprint density at radius 1 is 1.14 bits per heavy atom. The number of benzene rings is 2. The zero-order valence-corrected chi connectivity index (χ0v) is 12.1. The summed E-state index contributed by atoms with van der Waals surface area (Å²) in [6.45, 7) is -0.172. The van der Waals surface area contributed by atoms with Gasteiger partial charge in [0, 0.05) is 0 Å². The Hall–Kier alpha value is -2.41. The van der Waals surface area contributed by atoms with Crippen molar-refractivity contribution in [3.63, 3.8) is 0 Å². The summed E-state index contributed by atoms with van der Waals surface area (Å²) < 4.78 is 39.4. The summed E-state index contributed by atoms with van der Waals surface area (Å²) in [4.78, 5) is 11.3. The maximum atomic E-state index is 13.0. The Morgan fingerprint density at radius 3 is 2.41 bits per heavy atom. The third kappa shape index (κ3) is 2.23. The molecule has 2 aromatic rings. The molecule has 1 aliphatic rings. The van der Waals surface area contributed by atoms with Crippen LogP contribution < -0.4 is 4.31 Å². The Balaban J connectivity index is 2.09. The number of sulfonamides is 1. The largest absolute Gasteiger partial charge is 0.481 e. The highest BCUT2D eigenvalue weighted by molar-refractivity contribution is 7.92. The molecule has 1 N–H and O–H groups in total. The molecule has 1 heterocycles. The fourth-order valence-corrected chi connectivity index (χ4v) is 4.05. The lowest BCUT2D eigenvalue weighted by Gasteiger charge is -2.19. The molecule has 1 aliphatic heterocycles. The lowest BCUT2D eigenvalue weighted by Crippen LogP contribution is -2.31. The molecule has 0 aliphatic carbocycles. The van der Waals surface area contributed by atoms with Gasteiger partial charge in [-0.1, -0.05) is 18.2 Å². The topological polar surface area (TPSA) is 74.7 Å². The van der Waals surface area contributed by atoms with Crippen LogP contribution in [0, 0.1) is 5.82 Å². The fraction of sp³-hybridized carbons (Fsp3) is 0.133. The summed E-state index contributed by atoms with van der Waals surface area (Å²) in [5.41, 5.74) is 0.805. The summed E-state index contributed by atoms with van der Waals surface area (Å²) >= 11 is 0. The van der Waals surface area contributed by atoms with E-state index in [0.717, 1.165) is 16.4 Å². The molecule has 5 nitrogen and oxygen atoms in total. The predicted molar refractivity (Wildman–Crippen MR) is 77.8 cm³/mol. The van der Waals surface area contributed by atoms with Gasteiger partial charge in [0.05, 0.1) is 17.1 Å². The minimum atomic E-state index is -3.93. The average molecular weight is 321 g/mol. The molecule has 3 rings (SSSR count). The van der Waals surface area contributed by atoms with Crippen LogP contribution in [-0.2, 0) is 14.8 Å². The third-order valence-corrected chi connectivity index (χ3v) is 5.42. The normalized spacial score (nSPS) is 17.3. The average Bonchev–Trinajstić information content (AvgIpc) is 2.88. The summed E-state index contributed by atoms with van der Waals surface area (Å²) in [5, 5.41) is 9.28. The van der Waals surface area contributed by atoms with E-state index in [2.05, 4.69) is 0 Å². The molecular weight excluding hydrogens is 309 g/mol. The minimum Gasteiger partial charge on any atom is -0.481 e. The number of hydrogen-bond acceptors (Lipinski definition) is 3. The number of halogens is 1. The molecule has 1 atom stereocenters. The summed E-state index contributed by atoms with van der Waals surface area (Å²) in [5.74, 6) is -2.53. The van der Waals surface area contributed by atoms with E-state index >= 15 is 0 Å². The molecule has 7 heteroatoms. The van der Waals surface area contributed by atoms with Gasteiger partial charge >= 0.3 is 5.97 Å². The van der Waals surface area contributed by atoms with E-state index in [4.69, 9.17) is 0 Å². The number of aliphatic carboxylic acids is 1. The van der Waals surface area contributed by atoms with Crippen molar-refractivity contribution < 1.29 is 22.7 Å². The SMILES string of the molecule is O=C(O)C1CN(S(=O)(=O)c2ccc(F)cc2)c2ccccc21. The second-order valence-electron chi connectivity index (χ2n) is 4.94. The van der Waals surface area contributed by atoms with Gasteiger partial charge in [0.25, 0.3) is 10.0 Å². The van der Waals surface area contributed by atoms with Crippen LogP contribution >= 0.6 is 0 Å². The van der Waals surface area contributed by atoms with Gasteiger partial charge in [-0.2, -0.15) is 0 Å².